The van der Waals surface area contributed by atoms with E-state index in [4.69, 9.17) is 5.26 Å². The first-order valence-electron chi connectivity index (χ1n) is 6.02. The highest BCUT2D eigenvalue weighted by Gasteiger charge is 2.03. The molecule has 1 amide bonds. The zero-order valence-electron chi connectivity index (χ0n) is 10.2. The summed E-state index contributed by atoms with van der Waals surface area (Å²) >= 11 is 0. The molecule has 3 nitrogen and oxygen atoms in total. The van der Waals surface area contributed by atoms with E-state index in [1.54, 1.807) is 12.1 Å². The number of amides is 1. The summed E-state index contributed by atoms with van der Waals surface area (Å²) < 4.78 is 0. The third kappa shape index (κ3) is 4.69. The van der Waals surface area contributed by atoms with E-state index in [0.717, 1.165) is 31.4 Å². The first kappa shape index (κ1) is 13.2. The molecule has 0 aliphatic carbocycles. The van der Waals surface area contributed by atoms with Gasteiger partial charge in [-0.15, -0.1) is 0 Å². The second-order valence-corrected chi connectivity index (χ2v) is 3.99. The van der Waals surface area contributed by atoms with Crippen molar-refractivity contribution in [3.05, 3.63) is 35.4 Å². The maximum absolute atomic E-state index is 11.7. The fourth-order valence-corrected chi connectivity index (χ4v) is 1.54. The molecule has 0 heterocycles. The Labute approximate surface area is 102 Å². The molecule has 0 aromatic heterocycles. The number of unbranched alkanes of at least 4 members (excludes halogenated alkanes) is 2. The maximum Gasteiger partial charge on any atom is 0.251 e. The molecule has 0 aliphatic rings. The highest BCUT2D eigenvalue weighted by atomic mass is 16.1. The lowest BCUT2D eigenvalue weighted by Crippen LogP contribution is -2.24. The van der Waals surface area contributed by atoms with Gasteiger partial charge in [0.25, 0.3) is 5.91 Å². The number of hydrogen-bond donors (Lipinski definition) is 1. The quantitative estimate of drug-likeness (QED) is 0.764. The molecule has 1 aromatic carbocycles. The van der Waals surface area contributed by atoms with Crippen LogP contribution in [0.25, 0.3) is 0 Å². The molecule has 1 N–H and O–H groups in total. The second-order valence-electron chi connectivity index (χ2n) is 3.99. The standard InChI is InChI=1S/C14H18N2O/c1-2-3-4-11-16-14(17)13-7-5-12(6-8-13)9-10-15/h5-8H,2-4,9,11H2,1H3,(H,16,17). The van der Waals surface area contributed by atoms with Crippen LogP contribution in [0.4, 0.5) is 0 Å². The molecule has 0 aliphatic heterocycles. The predicted octanol–water partition coefficient (Wildman–Crippen LogP) is 2.67. The lowest BCUT2D eigenvalue weighted by Gasteiger charge is -2.05. The van der Waals surface area contributed by atoms with Gasteiger partial charge in [0.1, 0.15) is 0 Å². The first-order chi connectivity index (χ1) is 8.27. The van der Waals surface area contributed by atoms with Gasteiger partial charge >= 0.3 is 0 Å². The van der Waals surface area contributed by atoms with Gasteiger partial charge in [-0.1, -0.05) is 31.9 Å². The van der Waals surface area contributed by atoms with Crippen LogP contribution in [0, 0.1) is 11.3 Å². The van der Waals surface area contributed by atoms with Crippen molar-refractivity contribution >= 4 is 5.91 Å². The van der Waals surface area contributed by atoms with Crippen molar-refractivity contribution in [2.45, 2.75) is 32.6 Å². The van der Waals surface area contributed by atoms with Crippen molar-refractivity contribution < 1.29 is 4.79 Å². The molecule has 0 unspecified atom stereocenters. The minimum absolute atomic E-state index is 0.0374. The first-order valence-corrected chi connectivity index (χ1v) is 6.02. The Kier molecular flexibility index (Phi) is 5.81. The summed E-state index contributed by atoms with van der Waals surface area (Å²) in [5.41, 5.74) is 1.60. The SMILES string of the molecule is CCCCCNC(=O)c1ccc(CC#N)cc1. The van der Waals surface area contributed by atoms with Crippen molar-refractivity contribution in [2.75, 3.05) is 6.54 Å². The van der Waals surface area contributed by atoms with Gasteiger partial charge in [-0.25, -0.2) is 0 Å². The molecule has 0 spiro atoms. The Bertz CT molecular complexity index is 390. The molecule has 0 fully saturated rings. The molecule has 1 aromatic rings. The Morgan fingerprint density at radius 2 is 2.00 bits per heavy atom. The number of nitriles is 1. The fraction of sp³-hybridized carbons (Fsp3) is 0.429. The number of nitrogens with one attached hydrogen (secondary N) is 1. The minimum Gasteiger partial charge on any atom is -0.352 e. The number of hydrogen-bond acceptors (Lipinski definition) is 2. The summed E-state index contributed by atoms with van der Waals surface area (Å²) in [6, 6.07) is 9.26. The average molecular weight is 230 g/mol. The maximum atomic E-state index is 11.7. The highest BCUT2D eigenvalue weighted by molar-refractivity contribution is 5.94. The van der Waals surface area contributed by atoms with Crippen LogP contribution in [0.5, 0.6) is 0 Å². The Morgan fingerprint density at radius 1 is 1.29 bits per heavy atom. The van der Waals surface area contributed by atoms with E-state index in [-0.39, 0.29) is 5.91 Å². The fourth-order valence-electron chi connectivity index (χ4n) is 1.54. The van der Waals surface area contributed by atoms with Crippen molar-refractivity contribution in [3.63, 3.8) is 0 Å². The van der Waals surface area contributed by atoms with Gasteiger partial charge < -0.3 is 5.32 Å². The monoisotopic (exact) mass is 230 g/mol. The van der Waals surface area contributed by atoms with E-state index in [1.807, 2.05) is 12.1 Å². The van der Waals surface area contributed by atoms with Crippen LogP contribution in [0.2, 0.25) is 0 Å². The number of rotatable bonds is 6. The average Bonchev–Trinajstić information content (AvgIpc) is 2.36. The van der Waals surface area contributed by atoms with E-state index in [1.165, 1.54) is 0 Å². The van der Waals surface area contributed by atoms with E-state index in [0.29, 0.717) is 12.0 Å². The van der Waals surface area contributed by atoms with Crippen molar-refractivity contribution in [2.24, 2.45) is 0 Å². The zero-order valence-corrected chi connectivity index (χ0v) is 10.2. The van der Waals surface area contributed by atoms with Crippen LogP contribution in [0.15, 0.2) is 24.3 Å². The largest absolute Gasteiger partial charge is 0.352 e. The van der Waals surface area contributed by atoms with Gasteiger partial charge in [0, 0.05) is 12.1 Å². The van der Waals surface area contributed by atoms with Crippen molar-refractivity contribution in [1.82, 2.24) is 5.32 Å². The summed E-state index contributed by atoms with van der Waals surface area (Å²) in [6.45, 7) is 2.86. The predicted molar refractivity (Wildman–Crippen MR) is 67.6 cm³/mol. The van der Waals surface area contributed by atoms with Crippen LogP contribution in [-0.4, -0.2) is 12.5 Å². The second kappa shape index (κ2) is 7.45. The summed E-state index contributed by atoms with van der Waals surface area (Å²) in [7, 11) is 0. The topological polar surface area (TPSA) is 52.9 Å². The summed E-state index contributed by atoms with van der Waals surface area (Å²) in [6.07, 6.45) is 3.70. The van der Waals surface area contributed by atoms with Gasteiger partial charge in [0.05, 0.1) is 12.5 Å². The van der Waals surface area contributed by atoms with E-state index >= 15 is 0 Å². The number of benzene rings is 1. The van der Waals surface area contributed by atoms with Crippen LogP contribution in [0.3, 0.4) is 0 Å². The van der Waals surface area contributed by atoms with Crippen LogP contribution < -0.4 is 5.32 Å². The Morgan fingerprint density at radius 3 is 2.59 bits per heavy atom. The normalized spacial score (nSPS) is 9.65. The van der Waals surface area contributed by atoms with Gasteiger partial charge in [-0.3, -0.25) is 4.79 Å². The van der Waals surface area contributed by atoms with Gasteiger partial charge in [-0.2, -0.15) is 5.26 Å². The Hall–Kier alpha value is -1.82. The highest BCUT2D eigenvalue weighted by Crippen LogP contribution is 2.05. The zero-order chi connectivity index (χ0) is 12.5. The van der Waals surface area contributed by atoms with Crippen LogP contribution in [0.1, 0.15) is 42.1 Å². The Balaban J connectivity index is 2.44. The van der Waals surface area contributed by atoms with Gasteiger partial charge in [0.15, 0.2) is 0 Å². The lowest BCUT2D eigenvalue weighted by molar-refractivity contribution is 0.0953. The molecule has 1 rings (SSSR count). The number of carbonyl (C=O) groups is 1. The minimum atomic E-state index is -0.0374. The smallest absolute Gasteiger partial charge is 0.251 e. The molecule has 0 saturated carbocycles. The number of nitrogens with zero attached hydrogens (tertiary/aromatic N) is 1. The molecule has 0 radical (unpaired) electrons. The molecule has 0 atom stereocenters. The third-order valence-corrected chi connectivity index (χ3v) is 2.57. The molecular formula is C14H18N2O. The van der Waals surface area contributed by atoms with Gasteiger partial charge in [0.2, 0.25) is 0 Å². The molecule has 3 heteroatoms. The van der Waals surface area contributed by atoms with E-state index < -0.39 is 0 Å². The van der Waals surface area contributed by atoms with Crippen molar-refractivity contribution in [3.8, 4) is 6.07 Å². The van der Waals surface area contributed by atoms with Crippen LogP contribution >= 0.6 is 0 Å². The third-order valence-electron chi connectivity index (χ3n) is 2.57. The van der Waals surface area contributed by atoms with E-state index in [2.05, 4.69) is 18.3 Å². The van der Waals surface area contributed by atoms with Crippen molar-refractivity contribution in [1.29, 1.82) is 5.26 Å². The molecule has 17 heavy (non-hydrogen) atoms. The molecule has 0 bridgehead atoms. The summed E-state index contributed by atoms with van der Waals surface area (Å²) in [4.78, 5) is 11.7. The van der Waals surface area contributed by atoms with E-state index in [9.17, 15) is 4.79 Å². The summed E-state index contributed by atoms with van der Waals surface area (Å²) in [5.74, 6) is -0.0374. The molecule has 90 valence electrons. The summed E-state index contributed by atoms with van der Waals surface area (Å²) in [5, 5.41) is 11.4. The number of carbonyl (C=O) groups excluding carboxylic acids is 1. The molecule has 0 saturated heterocycles. The van der Waals surface area contributed by atoms with Gasteiger partial charge in [-0.05, 0) is 24.1 Å². The van der Waals surface area contributed by atoms with Crippen LogP contribution in [-0.2, 0) is 6.42 Å². The lowest BCUT2D eigenvalue weighted by atomic mass is 10.1. The molecular weight excluding hydrogens is 212 g/mol.